The van der Waals surface area contributed by atoms with Gasteiger partial charge in [-0.1, -0.05) is 24.3 Å². The molecule has 2 heterocycles. The first-order valence-corrected chi connectivity index (χ1v) is 6.88. The van der Waals surface area contributed by atoms with Gasteiger partial charge in [0.25, 0.3) is 0 Å². The lowest BCUT2D eigenvalue weighted by Crippen LogP contribution is -2.44. The average molecular weight is 254 g/mol. The monoisotopic (exact) mass is 254 g/mol. The van der Waals surface area contributed by atoms with Crippen molar-refractivity contribution in [1.29, 1.82) is 0 Å². The molecule has 0 aliphatic carbocycles. The molecule has 19 heavy (non-hydrogen) atoms. The predicted molar refractivity (Wildman–Crippen MR) is 77.4 cm³/mol. The number of fused-ring (bicyclic) bond motifs is 1. The van der Waals surface area contributed by atoms with Crippen molar-refractivity contribution >= 4 is 22.4 Å². The van der Waals surface area contributed by atoms with Crippen LogP contribution >= 0.6 is 0 Å². The molecular formula is C16H18N2O. The summed E-state index contributed by atoms with van der Waals surface area (Å²) >= 11 is 0. The first-order chi connectivity index (χ1) is 9.27. The Morgan fingerprint density at radius 1 is 1.26 bits per heavy atom. The highest BCUT2D eigenvalue weighted by molar-refractivity contribution is 5.94. The number of anilines is 1. The fourth-order valence-electron chi connectivity index (χ4n) is 2.94. The molecule has 1 unspecified atom stereocenters. The van der Waals surface area contributed by atoms with Crippen molar-refractivity contribution in [3.05, 3.63) is 36.5 Å². The highest BCUT2D eigenvalue weighted by atomic mass is 16.1. The molecule has 2 aromatic rings. The van der Waals surface area contributed by atoms with Gasteiger partial charge in [-0.25, -0.2) is 4.98 Å². The third-order valence-electron chi connectivity index (χ3n) is 3.90. The summed E-state index contributed by atoms with van der Waals surface area (Å²) in [6, 6.07) is 10.2. The van der Waals surface area contributed by atoms with E-state index < -0.39 is 0 Å². The van der Waals surface area contributed by atoms with Crippen LogP contribution in [0.1, 0.15) is 26.2 Å². The highest BCUT2D eigenvalue weighted by Crippen LogP contribution is 2.29. The van der Waals surface area contributed by atoms with Crippen LogP contribution in [-0.2, 0) is 4.79 Å². The summed E-state index contributed by atoms with van der Waals surface area (Å²) in [5, 5.41) is 2.32. The second-order valence-corrected chi connectivity index (χ2v) is 5.17. The molecule has 0 N–H and O–H groups in total. The quantitative estimate of drug-likeness (QED) is 0.825. The van der Waals surface area contributed by atoms with Gasteiger partial charge in [-0.3, -0.25) is 4.79 Å². The minimum absolute atomic E-state index is 0.00736. The van der Waals surface area contributed by atoms with E-state index in [9.17, 15) is 4.79 Å². The standard InChI is InChI=1S/C16H18N2O/c1-12(19)15-8-4-5-11-18(15)16-14-7-3-2-6-13(14)9-10-17-16/h2-3,6-7,9-10,15H,4-5,8,11H2,1H3. The number of pyridine rings is 1. The Kier molecular flexibility index (Phi) is 3.20. The van der Waals surface area contributed by atoms with Crippen molar-refractivity contribution in [2.45, 2.75) is 32.2 Å². The van der Waals surface area contributed by atoms with Crippen LogP contribution in [0.5, 0.6) is 0 Å². The zero-order valence-electron chi connectivity index (χ0n) is 11.2. The maximum atomic E-state index is 11.8. The van der Waals surface area contributed by atoms with E-state index in [4.69, 9.17) is 0 Å². The summed E-state index contributed by atoms with van der Waals surface area (Å²) in [5.74, 6) is 1.20. The Hall–Kier alpha value is -1.90. The van der Waals surface area contributed by atoms with Crippen molar-refractivity contribution < 1.29 is 4.79 Å². The van der Waals surface area contributed by atoms with E-state index in [2.05, 4.69) is 22.0 Å². The Labute approximate surface area is 113 Å². The molecule has 3 rings (SSSR count). The van der Waals surface area contributed by atoms with Crippen LogP contribution in [0.3, 0.4) is 0 Å². The lowest BCUT2D eigenvalue weighted by atomic mass is 9.98. The maximum absolute atomic E-state index is 11.8. The molecule has 0 saturated carbocycles. The molecule has 1 aliphatic rings. The topological polar surface area (TPSA) is 33.2 Å². The fraction of sp³-hybridized carbons (Fsp3) is 0.375. The zero-order chi connectivity index (χ0) is 13.2. The van der Waals surface area contributed by atoms with E-state index >= 15 is 0 Å². The van der Waals surface area contributed by atoms with Gasteiger partial charge < -0.3 is 4.90 Å². The van der Waals surface area contributed by atoms with E-state index in [0.29, 0.717) is 0 Å². The minimum atomic E-state index is -0.00736. The minimum Gasteiger partial charge on any atom is -0.346 e. The molecule has 1 aromatic heterocycles. The summed E-state index contributed by atoms with van der Waals surface area (Å²) in [4.78, 5) is 18.6. The van der Waals surface area contributed by atoms with E-state index in [-0.39, 0.29) is 11.8 Å². The normalized spacial score (nSPS) is 19.6. The number of hydrogen-bond acceptors (Lipinski definition) is 3. The number of benzene rings is 1. The van der Waals surface area contributed by atoms with Gasteiger partial charge in [0.05, 0.1) is 6.04 Å². The van der Waals surface area contributed by atoms with E-state index in [1.54, 1.807) is 6.92 Å². The molecule has 0 radical (unpaired) electrons. The molecular weight excluding hydrogens is 236 g/mol. The van der Waals surface area contributed by atoms with Crippen LogP contribution in [0, 0.1) is 0 Å². The van der Waals surface area contributed by atoms with Crippen molar-refractivity contribution in [3.8, 4) is 0 Å². The van der Waals surface area contributed by atoms with Crippen LogP contribution in [0.15, 0.2) is 36.5 Å². The Balaban J connectivity index is 2.09. The second kappa shape index (κ2) is 5.00. The predicted octanol–water partition coefficient (Wildman–Crippen LogP) is 3.18. The lowest BCUT2D eigenvalue weighted by Gasteiger charge is -2.35. The SMILES string of the molecule is CC(=O)C1CCCCN1c1nccc2ccccc12. The molecule has 98 valence electrons. The van der Waals surface area contributed by atoms with Gasteiger partial charge in [-0.15, -0.1) is 0 Å². The van der Waals surface area contributed by atoms with Gasteiger partial charge in [0.15, 0.2) is 5.78 Å². The average Bonchev–Trinajstić information content (AvgIpc) is 2.46. The van der Waals surface area contributed by atoms with Crippen molar-refractivity contribution in [3.63, 3.8) is 0 Å². The molecule has 1 atom stereocenters. The summed E-state index contributed by atoms with van der Waals surface area (Å²) in [6.45, 7) is 2.61. The number of piperidine rings is 1. The van der Waals surface area contributed by atoms with Gasteiger partial charge in [-0.05, 0) is 37.6 Å². The number of Topliss-reactive ketones (excluding diaryl/α,β-unsaturated/α-hetero) is 1. The van der Waals surface area contributed by atoms with Crippen LogP contribution in [-0.4, -0.2) is 23.4 Å². The number of carbonyl (C=O) groups is 1. The van der Waals surface area contributed by atoms with Crippen LogP contribution in [0.4, 0.5) is 5.82 Å². The van der Waals surface area contributed by atoms with Crippen LogP contribution in [0.2, 0.25) is 0 Å². The van der Waals surface area contributed by atoms with Gasteiger partial charge in [0.1, 0.15) is 5.82 Å². The first kappa shape index (κ1) is 12.2. The number of ketones is 1. The van der Waals surface area contributed by atoms with Crippen LogP contribution in [0.25, 0.3) is 10.8 Å². The smallest absolute Gasteiger partial charge is 0.152 e. The molecule has 1 fully saturated rings. The highest BCUT2D eigenvalue weighted by Gasteiger charge is 2.27. The third kappa shape index (κ3) is 2.21. The first-order valence-electron chi connectivity index (χ1n) is 6.88. The van der Waals surface area contributed by atoms with Gasteiger partial charge in [0.2, 0.25) is 0 Å². The number of rotatable bonds is 2. The summed E-state index contributed by atoms with van der Waals surface area (Å²) in [7, 11) is 0. The number of nitrogens with zero attached hydrogens (tertiary/aromatic N) is 2. The molecule has 0 bridgehead atoms. The van der Waals surface area contributed by atoms with Gasteiger partial charge >= 0.3 is 0 Å². The number of carbonyl (C=O) groups excluding carboxylic acids is 1. The van der Waals surface area contributed by atoms with Crippen molar-refractivity contribution in [2.75, 3.05) is 11.4 Å². The molecule has 1 aromatic carbocycles. The Morgan fingerprint density at radius 3 is 2.95 bits per heavy atom. The number of aromatic nitrogens is 1. The van der Waals surface area contributed by atoms with E-state index in [1.165, 1.54) is 5.39 Å². The zero-order valence-corrected chi connectivity index (χ0v) is 11.2. The third-order valence-corrected chi connectivity index (χ3v) is 3.90. The molecule has 3 nitrogen and oxygen atoms in total. The van der Waals surface area contributed by atoms with Crippen molar-refractivity contribution in [1.82, 2.24) is 4.98 Å². The molecule has 0 amide bonds. The van der Waals surface area contributed by atoms with Gasteiger partial charge in [0, 0.05) is 18.1 Å². The molecule has 1 aliphatic heterocycles. The Morgan fingerprint density at radius 2 is 2.11 bits per heavy atom. The fourth-order valence-corrected chi connectivity index (χ4v) is 2.94. The van der Waals surface area contributed by atoms with Gasteiger partial charge in [-0.2, -0.15) is 0 Å². The Bertz CT molecular complexity index is 603. The molecule has 0 spiro atoms. The summed E-state index contributed by atoms with van der Waals surface area (Å²) < 4.78 is 0. The summed E-state index contributed by atoms with van der Waals surface area (Å²) in [5.41, 5.74) is 0. The molecule has 1 saturated heterocycles. The summed E-state index contributed by atoms with van der Waals surface area (Å²) in [6.07, 6.45) is 5.05. The van der Waals surface area contributed by atoms with Crippen LogP contribution < -0.4 is 4.90 Å². The van der Waals surface area contributed by atoms with E-state index in [1.807, 2.05) is 24.4 Å². The lowest BCUT2D eigenvalue weighted by molar-refractivity contribution is -0.118. The van der Waals surface area contributed by atoms with Crippen molar-refractivity contribution in [2.24, 2.45) is 0 Å². The molecule has 3 heteroatoms. The number of hydrogen-bond donors (Lipinski definition) is 0. The van der Waals surface area contributed by atoms with E-state index in [0.717, 1.165) is 37.0 Å². The largest absolute Gasteiger partial charge is 0.346 e. The second-order valence-electron chi connectivity index (χ2n) is 5.17. The maximum Gasteiger partial charge on any atom is 0.152 e.